The summed E-state index contributed by atoms with van der Waals surface area (Å²) in [6, 6.07) is 1.83. The lowest BCUT2D eigenvalue weighted by atomic mass is 10.2. The molecule has 0 radical (unpaired) electrons. The van der Waals surface area contributed by atoms with Crippen molar-refractivity contribution < 1.29 is 4.74 Å². The first-order valence-corrected chi connectivity index (χ1v) is 5.58. The zero-order valence-electron chi connectivity index (χ0n) is 9.46. The van der Waals surface area contributed by atoms with Crippen molar-refractivity contribution in [2.75, 3.05) is 7.11 Å². The molecule has 1 rings (SSSR count). The Morgan fingerprint density at radius 3 is 2.80 bits per heavy atom. The van der Waals surface area contributed by atoms with Crippen molar-refractivity contribution in [2.45, 2.75) is 39.2 Å². The number of hydrogen-bond donors (Lipinski definition) is 0. The van der Waals surface area contributed by atoms with Gasteiger partial charge in [-0.15, -0.1) is 0 Å². The lowest BCUT2D eigenvalue weighted by Gasteiger charge is -2.09. The van der Waals surface area contributed by atoms with Crippen LogP contribution in [0.3, 0.4) is 0 Å². The van der Waals surface area contributed by atoms with Gasteiger partial charge in [0.15, 0.2) is 0 Å². The van der Waals surface area contributed by atoms with Crippen LogP contribution in [-0.4, -0.2) is 23.2 Å². The third-order valence-corrected chi connectivity index (χ3v) is 2.37. The Hall–Kier alpha value is -0.670. The van der Waals surface area contributed by atoms with Gasteiger partial charge in [-0.05, 0) is 19.4 Å². The van der Waals surface area contributed by atoms with Crippen LogP contribution in [0.15, 0.2) is 6.07 Å². The topological polar surface area (TPSA) is 35.0 Å². The first kappa shape index (κ1) is 12.4. The first-order chi connectivity index (χ1) is 7.15. The van der Waals surface area contributed by atoms with E-state index in [0.717, 1.165) is 24.4 Å². The molecule has 3 nitrogen and oxygen atoms in total. The Balaban J connectivity index is 2.78. The smallest absolute Gasteiger partial charge is 0.133 e. The van der Waals surface area contributed by atoms with Gasteiger partial charge in [0.2, 0.25) is 0 Å². The standard InChI is InChI=1S/C11H17ClN2O/c1-4-5-9-7-10(12)14-11(13-9)6-8(2)15-3/h7-8H,4-6H2,1-3H3. The highest BCUT2D eigenvalue weighted by molar-refractivity contribution is 6.29. The largest absolute Gasteiger partial charge is 0.381 e. The average molecular weight is 229 g/mol. The summed E-state index contributed by atoms with van der Waals surface area (Å²) < 4.78 is 5.17. The first-order valence-electron chi connectivity index (χ1n) is 5.20. The maximum Gasteiger partial charge on any atom is 0.133 e. The fourth-order valence-corrected chi connectivity index (χ4v) is 1.56. The second-order valence-electron chi connectivity index (χ2n) is 3.60. The summed E-state index contributed by atoms with van der Waals surface area (Å²) in [6.45, 7) is 4.11. The molecule has 0 spiro atoms. The molecule has 4 heteroatoms. The molecule has 1 atom stereocenters. The predicted octanol–water partition coefficient (Wildman–Crippen LogP) is 2.66. The van der Waals surface area contributed by atoms with E-state index >= 15 is 0 Å². The Labute approximate surface area is 95.8 Å². The van der Waals surface area contributed by atoms with Gasteiger partial charge in [0, 0.05) is 19.2 Å². The maximum absolute atomic E-state index is 5.92. The highest BCUT2D eigenvalue weighted by Crippen LogP contribution is 2.10. The molecule has 0 saturated heterocycles. The number of aromatic nitrogens is 2. The van der Waals surface area contributed by atoms with Crippen LogP contribution >= 0.6 is 11.6 Å². The molecule has 0 fully saturated rings. The van der Waals surface area contributed by atoms with E-state index < -0.39 is 0 Å². The zero-order valence-corrected chi connectivity index (χ0v) is 10.2. The van der Waals surface area contributed by atoms with Gasteiger partial charge >= 0.3 is 0 Å². The van der Waals surface area contributed by atoms with Crippen LogP contribution < -0.4 is 0 Å². The molecule has 1 aromatic heterocycles. The molecular weight excluding hydrogens is 212 g/mol. The van der Waals surface area contributed by atoms with Gasteiger partial charge in [0.1, 0.15) is 11.0 Å². The van der Waals surface area contributed by atoms with E-state index in [2.05, 4.69) is 16.9 Å². The number of hydrogen-bond acceptors (Lipinski definition) is 3. The van der Waals surface area contributed by atoms with Crippen LogP contribution in [0.4, 0.5) is 0 Å². The molecule has 0 aliphatic heterocycles. The minimum absolute atomic E-state index is 0.123. The van der Waals surface area contributed by atoms with Gasteiger partial charge in [-0.1, -0.05) is 24.9 Å². The van der Waals surface area contributed by atoms with E-state index in [-0.39, 0.29) is 6.10 Å². The lowest BCUT2D eigenvalue weighted by Crippen LogP contribution is -2.12. The Kier molecular flexibility index (Phi) is 4.99. The van der Waals surface area contributed by atoms with Crippen LogP contribution in [0.1, 0.15) is 31.8 Å². The minimum atomic E-state index is 0.123. The summed E-state index contributed by atoms with van der Waals surface area (Å²) >= 11 is 5.92. The zero-order chi connectivity index (χ0) is 11.3. The van der Waals surface area contributed by atoms with Crippen LogP contribution in [-0.2, 0) is 17.6 Å². The Morgan fingerprint density at radius 1 is 1.47 bits per heavy atom. The van der Waals surface area contributed by atoms with Gasteiger partial charge in [0.05, 0.1) is 6.10 Å². The second-order valence-corrected chi connectivity index (χ2v) is 3.99. The number of rotatable bonds is 5. The number of halogens is 1. The van der Waals surface area contributed by atoms with E-state index in [9.17, 15) is 0 Å². The summed E-state index contributed by atoms with van der Waals surface area (Å²) in [7, 11) is 1.68. The van der Waals surface area contributed by atoms with Crippen molar-refractivity contribution in [3.63, 3.8) is 0 Å². The molecule has 1 heterocycles. The third-order valence-electron chi connectivity index (χ3n) is 2.17. The van der Waals surface area contributed by atoms with Crippen LogP contribution in [0.5, 0.6) is 0 Å². The van der Waals surface area contributed by atoms with E-state index in [1.165, 1.54) is 0 Å². The Morgan fingerprint density at radius 2 is 2.20 bits per heavy atom. The summed E-state index contributed by atoms with van der Waals surface area (Å²) in [5.74, 6) is 0.764. The molecule has 1 unspecified atom stereocenters. The lowest BCUT2D eigenvalue weighted by molar-refractivity contribution is 0.117. The van der Waals surface area contributed by atoms with E-state index in [1.54, 1.807) is 7.11 Å². The van der Waals surface area contributed by atoms with Gasteiger partial charge in [-0.25, -0.2) is 9.97 Å². The van der Waals surface area contributed by atoms with Crippen molar-refractivity contribution in [3.8, 4) is 0 Å². The number of aryl methyl sites for hydroxylation is 1. The summed E-state index contributed by atoms with van der Waals surface area (Å²) in [4.78, 5) is 8.61. The fraction of sp³-hybridized carbons (Fsp3) is 0.636. The van der Waals surface area contributed by atoms with Gasteiger partial charge in [-0.2, -0.15) is 0 Å². The molecule has 84 valence electrons. The maximum atomic E-state index is 5.92. The number of ether oxygens (including phenoxy) is 1. The predicted molar refractivity (Wildman–Crippen MR) is 61.2 cm³/mol. The summed E-state index contributed by atoms with van der Waals surface area (Å²) in [5, 5.41) is 0.520. The number of nitrogens with zero attached hydrogens (tertiary/aromatic N) is 2. The van der Waals surface area contributed by atoms with Crippen molar-refractivity contribution in [1.82, 2.24) is 9.97 Å². The van der Waals surface area contributed by atoms with Crippen molar-refractivity contribution >= 4 is 11.6 Å². The SMILES string of the molecule is CCCc1cc(Cl)nc(CC(C)OC)n1. The molecular formula is C11H17ClN2O. The van der Waals surface area contributed by atoms with Gasteiger partial charge < -0.3 is 4.74 Å². The van der Waals surface area contributed by atoms with Crippen LogP contribution in [0.2, 0.25) is 5.15 Å². The average Bonchev–Trinajstić information content (AvgIpc) is 2.17. The van der Waals surface area contributed by atoms with Gasteiger partial charge in [0.25, 0.3) is 0 Å². The third kappa shape index (κ3) is 4.14. The molecule has 1 aromatic rings. The quantitative estimate of drug-likeness (QED) is 0.727. The van der Waals surface area contributed by atoms with Crippen LogP contribution in [0.25, 0.3) is 0 Å². The van der Waals surface area contributed by atoms with E-state index in [4.69, 9.17) is 16.3 Å². The van der Waals surface area contributed by atoms with Crippen LogP contribution in [0, 0.1) is 0 Å². The molecule has 15 heavy (non-hydrogen) atoms. The van der Waals surface area contributed by atoms with Crippen molar-refractivity contribution in [1.29, 1.82) is 0 Å². The molecule has 0 N–H and O–H groups in total. The number of methoxy groups -OCH3 is 1. The minimum Gasteiger partial charge on any atom is -0.381 e. The molecule has 0 amide bonds. The highest BCUT2D eigenvalue weighted by atomic mass is 35.5. The Bertz CT molecular complexity index is 317. The monoisotopic (exact) mass is 228 g/mol. The van der Waals surface area contributed by atoms with Crippen molar-refractivity contribution in [2.24, 2.45) is 0 Å². The summed E-state index contributed by atoms with van der Waals surface area (Å²) in [5.41, 5.74) is 1.01. The fourth-order valence-electron chi connectivity index (χ4n) is 1.33. The molecule has 0 aliphatic rings. The molecule has 0 bridgehead atoms. The van der Waals surface area contributed by atoms with Crippen molar-refractivity contribution in [3.05, 3.63) is 22.7 Å². The molecule has 0 saturated carbocycles. The molecule has 0 aromatic carbocycles. The summed E-state index contributed by atoms with van der Waals surface area (Å²) in [6.07, 6.45) is 2.83. The molecule has 0 aliphatic carbocycles. The van der Waals surface area contributed by atoms with E-state index in [0.29, 0.717) is 11.6 Å². The highest BCUT2D eigenvalue weighted by Gasteiger charge is 2.07. The second kappa shape index (κ2) is 6.03. The van der Waals surface area contributed by atoms with E-state index in [1.807, 2.05) is 13.0 Å². The van der Waals surface area contributed by atoms with Gasteiger partial charge in [-0.3, -0.25) is 0 Å². The normalized spacial score (nSPS) is 12.8.